The second-order valence-electron chi connectivity index (χ2n) is 8.15. The highest BCUT2D eigenvalue weighted by molar-refractivity contribution is 6.05. The van der Waals surface area contributed by atoms with Crippen molar-refractivity contribution in [3.63, 3.8) is 0 Å². The van der Waals surface area contributed by atoms with Gasteiger partial charge in [0.25, 0.3) is 0 Å². The lowest BCUT2D eigenvalue weighted by Gasteiger charge is -2.22. The first-order valence-electron chi connectivity index (χ1n) is 8.18. The molecule has 0 amide bonds. The monoisotopic (exact) mass is 332 g/mol. The number of carbonyl (C=O) groups excluding carboxylic acids is 3. The first-order valence-corrected chi connectivity index (χ1v) is 8.18. The summed E-state index contributed by atoms with van der Waals surface area (Å²) in [5.74, 6) is -2.29. The van der Waals surface area contributed by atoms with Crippen LogP contribution in [0.3, 0.4) is 0 Å². The van der Waals surface area contributed by atoms with Crippen LogP contribution in [0, 0.1) is 5.92 Å². The molecule has 24 heavy (non-hydrogen) atoms. The maximum Gasteiger partial charge on any atom is 0.317 e. The minimum atomic E-state index is -1.06. The van der Waals surface area contributed by atoms with Crippen LogP contribution in [0.15, 0.2) is 24.3 Å². The van der Waals surface area contributed by atoms with E-state index in [9.17, 15) is 14.4 Å². The summed E-state index contributed by atoms with van der Waals surface area (Å²) < 4.78 is 5.25. The number of benzene rings is 1. The van der Waals surface area contributed by atoms with Gasteiger partial charge < -0.3 is 4.74 Å². The third-order valence-corrected chi connectivity index (χ3v) is 3.64. The molecule has 0 saturated heterocycles. The van der Waals surface area contributed by atoms with Crippen LogP contribution in [0.25, 0.3) is 0 Å². The molecule has 0 N–H and O–H groups in total. The van der Waals surface area contributed by atoms with Crippen LogP contribution in [0.2, 0.25) is 0 Å². The quantitative estimate of drug-likeness (QED) is 0.462. The molecule has 0 heterocycles. The molecule has 132 valence electrons. The van der Waals surface area contributed by atoms with Crippen LogP contribution in [0.4, 0.5) is 0 Å². The Morgan fingerprint density at radius 3 is 1.83 bits per heavy atom. The second kappa shape index (κ2) is 7.29. The minimum Gasteiger partial charge on any atom is -0.459 e. The van der Waals surface area contributed by atoms with Crippen LogP contribution >= 0.6 is 0 Å². The Bertz CT molecular complexity index is 613. The summed E-state index contributed by atoms with van der Waals surface area (Å²) in [5.41, 5.74) is 0.925. The zero-order valence-corrected chi connectivity index (χ0v) is 15.7. The molecule has 0 aliphatic heterocycles. The predicted octanol–water partition coefficient (Wildman–Crippen LogP) is 4.10. The number of carbonyl (C=O) groups is 3. The van der Waals surface area contributed by atoms with Gasteiger partial charge in [0, 0.05) is 12.0 Å². The lowest BCUT2D eigenvalue weighted by Crippen LogP contribution is -2.33. The Balaban J connectivity index is 2.90. The summed E-state index contributed by atoms with van der Waals surface area (Å²) >= 11 is 0. The highest BCUT2D eigenvalue weighted by atomic mass is 16.6. The number of ketones is 2. The fourth-order valence-electron chi connectivity index (χ4n) is 2.23. The van der Waals surface area contributed by atoms with E-state index in [1.54, 1.807) is 32.9 Å². The van der Waals surface area contributed by atoms with Gasteiger partial charge in [-0.2, -0.15) is 0 Å². The molecule has 1 aromatic carbocycles. The Labute approximate surface area is 144 Å². The highest BCUT2D eigenvalue weighted by Crippen LogP contribution is 2.23. The van der Waals surface area contributed by atoms with Gasteiger partial charge >= 0.3 is 5.97 Å². The van der Waals surface area contributed by atoms with Gasteiger partial charge in [-0.1, -0.05) is 45.0 Å². The van der Waals surface area contributed by atoms with Crippen LogP contribution < -0.4 is 0 Å². The van der Waals surface area contributed by atoms with Crippen LogP contribution in [0.5, 0.6) is 0 Å². The maximum atomic E-state index is 12.4. The van der Waals surface area contributed by atoms with Crippen molar-refractivity contribution >= 4 is 17.5 Å². The number of ether oxygens (including phenoxy) is 1. The van der Waals surface area contributed by atoms with Crippen LogP contribution in [-0.4, -0.2) is 23.1 Å². The van der Waals surface area contributed by atoms with Gasteiger partial charge in [-0.25, -0.2) is 0 Å². The Morgan fingerprint density at radius 1 is 0.958 bits per heavy atom. The van der Waals surface area contributed by atoms with Crippen LogP contribution in [-0.2, 0) is 19.7 Å². The highest BCUT2D eigenvalue weighted by Gasteiger charge is 2.31. The van der Waals surface area contributed by atoms with Gasteiger partial charge in [0.1, 0.15) is 17.3 Å². The minimum absolute atomic E-state index is 0.0000118. The van der Waals surface area contributed by atoms with Crippen LogP contribution in [0.1, 0.15) is 70.8 Å². The van der Waals surface area contributed by atoms with Gasteiger partial charge in [-0.15, -0.1) is 0 Å². The maximum absolute atomic E-state index is 12.4. The van der Waals surface area contributed by atoms with Gasteiger partial charge in [0.2, 0.25) is 0 Å². The van der Waals surface area contributed by atoms with Crippen molar-refractivity contribution in [3.05, 3.63) is 35.4 Å². The topological polar surface area (TPSA) is 60.4 Å². The summed E-state index contributed by atoms with van der Waals surface area (Å²) in [6.45, 7) is 12.8. The molecule has 4 heteroatoms. The van der Waals surface area contributed by atoms with Crippen molar-refractivity contribution in [1.82, 2.24) is 0 Å². The fraction of sp³-hybridized carbons (Fsp3) is 0.550. The Kier molecular flexibility index (Phi) is 6.09. The van der Waals surface area contributed by atoms with E-state index in [0.29, 0.717) is 5.56 Å². The number of rotatable bonds is 5. The van der Waals surface area contributed by atoms with Crippen molar-refractivity contribution in [3.8, 4) is 0 Å². The zero-order valence-electron chi connectivity index (χ0n) is 15.7. The summed E-state index contributed by atoms with van der Waals surface area (Å²) in [6, 6.07) is 7.30. The van der Waals surface area contributed by atoms with Gasteiger partial charge in [0.05, 0.1) is 0 Å². The number of hydrogen-bond acceptors (Lipinski definition) is 4. The third kappa shape index (κ3) is 5.91. The first-order chi connectivity index (χ1) is 10.8. The van der Waals surface area contributed by atoms with E-state index in [1.807, 2.05) is 12.1 Å². The molecule has 0 aromatic heterocycles. The molecule has 1 rings (SSSR count). The van der Waals surface area contributed by atoms with E-state index in [-0.39, 0.29) is 23.4 Å². The molecule has 1 aromatic rings. The predicted molar refractivity (Wildman–Crippen MR) is 94.1 cm³/mol. The van der Waals surface area contributed by atoms with Gasteiger partial charge in [-0.05, 0) is 38.7 Å². The molecule has 1 atom stereocenters. The molecule has 4 nitrogen and oxygen atoms in total. The number of esters is 1. The molecule has 0 spiro atoms. The molecule has 0 aliphatic carbocycles. The fourth-order valence-corrected chi connectivity index (χ4v) is 2.23. The van der Waals surface area contributed by atoms with E-state index in [2.05, 4.69) is 20.8 Å². The lowest BCUT2D eigenvalue weighted by molar-refractivity contribution is -0.161. The average Bonchev–Trinajstić information content (AvgIpc) is 2.41. The smallest absolute Gasteiger partial charge is 0.317 e. The number of Topliss-reactive ketones (excluding diaryl/α,β-unsaturated/α-hetero) is 2. The van der Waals surface area contributed by atoms with Crippen molar-refractivity contribution < 1.29 is 19.1 Å². The summed E-state index contributed by atoms with van der Waals surface area (Å²) in [5, 5.41) is 0. The van der Waals surface area contributed by atoms with Crippen molar-refractivity contribution in [2.24, 2.45) is 5.92 Å². The van der Waals surface area contributed by atoms with E-state index >= 15 is 0 Å². The van der Waals surface area contributed by atoms with Gasteiger partial charge in [0.15, 0.2) is 5.78 Å². The van der Waals surface area contributed by atoms with E-state index in [1.165, 1.54) is 6.92 Å². The lowest BCUT2D eigenvalue weighted by atomic mass is 9.86. The van der Waals surface area contributed by atoms with Gasteiger partial charge in [-0.3, -0.25) is 14.4 Å². The Morgan fingerprint density at radius 2 is 1.46 bits per heavy atom. The standard InChI is InChI=1S/C20H28O4/c1-13(21)16(18(23)24-20(5,6)7)12-17(22)14-8-10-15(11-9-14)19(2,3)4/h8-11,16H,12H2,1-7H3. The summed E-state index contributed by atoms with van der Waals surface area (Å²) in [6.07, 6.45) is -0.168. The van der Waals surface area contributed by atoms with E-state index < -0.39 is 17.5 Å². The molecule has 0 aliphatic rings. The SMILES string of the molecule is CC(=O)C(CC(=O)c1ccc(C(C)(C)C)cc1)C(=O)OC(C)(C)C. The largest absolute Gasteiger partial charge is 0.459 e. The third-order valence-electron chi connectivity index (χ3n) is 3.64. The Hall–Kier alpha value is -1.97. The second-order valence-corrected chi connectivity index (χ2v) is 8.15. The molecule has 0 bridgehead atoms. The molecular formula is C20H28O4. The molecule has 1 unspecified atom stereocenters. The summed E-state index contributed by atoms with van der Waals surface area (Å²) in [4.78, 5) is 36.4. The first kappa shape index (κ1) is 20.1. The zero-order chi connectivity index (χ0) is 18.7. The molecule has 0 radical (unpaired) electrons. The number of hydrogen-bond donors (Lipinski definition) is 0. The van der Waals surface area contributed by atoms with E-state index in [0.717, 1.165) is 5.56 Å². The molecule has 0 fully saturated rings. The summed E-state index contributed by atoms with van der Waals surface area (Å²) in [7, 11) is 0. The van der Waals surface area contributed by atoms with Crippen molar-refractivity contribution in [1.29, 1.82) is 0 Å². The van der Waals surface area contributed by atoms with E-state index in [4.69, 9.17) is 4.74 Å². The molecular weight excluding hydrogens is 304 g/mol. The van der Waals surface area contributed by atoms with Crippen molar-refractivity contribution in [2.45, 2.75) is 65.9 Å². The average molecular weight is 332 g/mol. The molecule has 0 saturated carbocycles. The normalized spacial score (nSPS) is 13.3. The van der Waals surface area contributed by atoms with Crippen molar-refractivity contribution in [2.75, 3.05) is 0 Å².